The third-order valence-corrected chi connectivity index (χ3v) is 8.37. The largest absolute Gasteiger partial charge is 0.454 e. The zero-order valence-electron chi connectivity index (χ0n) is 19.0. The number of carbonyl (C=O) groups is 1. The summed E-state index contributed by atoms with van der Waals surface area (Å²) in [6.45, 7) is 2.05. The molecule has 8 nitrogen and oxygen atoms in total. The van der Waals surface area contributed by atoms with E-state index < -0.39 is 10.0 Å². The molecule has 1 aliphatic carbocycles. The van der Waals surface area contributed by atoms with Gasteiger partial charge in [-0.15, -0.1) is 0 Å². The lowest BCUT2D eigenvalue weighted by molar-refractivity contribution is -0.121. The molecule has 0 unspecified atom stereocenters. The van der Waals surface area contributed by atoms with Gasteiger partial charge in [-0.3, -0.25) is 4.79 Å². The SMILES string of the molecule is O=C(CCc1ccc(S(=O)(=O)NC2CC2)cc1)NCC1(c2ccc3c(c2)OCO3)CCOCC1. The zero-order chi connectivity index (χ0) is 23.6. The maximum Gasteiger partial charge on any atom is 0.240 e. The Bertz CT molecular complexity index is 1140. The fraction of sp³-hybridized carbons (Fsp3) is 0.480. The van der Waals surface area contributed by atoms with E-state index in [9.17, 15) is 13.2 Å². The molecule has 9 heteroatoms. The first-order valence-electron chi connectivity index (χ1n) is 11.8. The molecule has 1 saturated carbocycles. The Labute approximate surface area is 200 Å². The van der Waals surface area contributed by atoms with Gasteiger partial charge >= 0.3 is 0 Å². The van der Waals surface area contributed by atoms with Crippen LogP contribution in [0.2, 0.25) is 0 Å². The van der Waals surface area contributed by atoms with Crippen molar-refractivity contribution in [3.63, 3.8) is 0 Å². The van der Waals surface area contributed by atoms with Gasteiger partial charge in [0, 0.05) is 37.6 Å². The van der Waals surface area contributed by atoms with E-state index >= 15 is 0 Å². The number of ether oxygens (including phenoxy) is 3. The normalized spacial score (nSPS) is 19.1. The van der Waals surface area contributed by atoms with E-state index in [1.54, 1.807) is 24.3 Å². The van der Waals surface area contributed by atoms with Gasteiger partial charge in [-0.2, -0.15) is 0 Å². The minimum Gasteiger partial charge on any atom is -0.454 e. The molecule has 0 atom stereocenters. The van der Waals surface area contributed by atoms with Crippen LogP contribution in [0.4, 0.5) is 0 Å². The second kappa shape index (κ2) is 9.56. The number of benzene rings is 2. The lowest BCUT2D eigenvalue weighted by Crippen LogP contribution is -2.44. The standard InChI is InChI=1S/C25H30N2O6S/c28-24(10-3-18-1-7-21(8-2-18)34(29,30)27-20-5-6-20)26-16-25(11-13-31-14-12-25)19-4-9-22-23(15-19)33-17-32-22/h1-2,4,7-9,15,20,27H,3,5-6,10-14,16-17H2,(H,26,28). The first-order valence-corrected chi connectivity index (χ1v) is 13.3. The highest BCUT2D eigenvalue weighted by Gasteiger charge is 2.36. The molecule has 0 spiro atoms. The Morgan fingerprint density at radius 2 is 1.74 bits per heavy atom. The molecule has 2 aromatic rings. The molecular weight excluding hydrogens is 456 g/mol. The fourth-order valence-corrected chi connectivity index (χ4v) is 5.80. The van der Waals surface area contributed by atoms with Crippen LogP contribution in [0, 0.1) is 0 Å². The minimum atomic E-state index is -3.46. The summed E-state index contributed by atoms with van der Waals surface area (Å²) in [5, 5.41) is 3.12. The number of hydrogen-bond acceptors (Lipinski definition) is 6. The lowest BCUT2D eigenvalue weighted by atomic mass is 9.74. The number of amides is 1. The Kier molecular flexibility index (Phi) is 6.50. The van der Waals surface area contributed by atoms with Crippen molar-refractivity contribution in [1.82, 2.24) is 10.0 Å². The molecule has 2 N–H and O–H groups in total. The fourth-order valence-electron chi connectivity index (χ4n) is 4.49. The van der Waals surface area contributed by atoms with Crippen LogP contribution < -0.4 is 19.5 Å². The van der Waals surface area contributed by atoms with Crippen LogP contribution in [0.15, 0.2) is 47.4 Å². The monoisotopic (exact) mass is 486 g/mol. The van der Waals surface area contributed by atoms with Crippen LogP contribution in [0.1, 0.15) is 43.2 Å². The average molecular weight is 487 g/mol. The second-order valence-corrected chi connectivity index (χ2v) is 11.0. The van der Waals surface area contributed by atoms with Crippen molar-refractivity contribution in [3.05, 3.63) is 53.6 Å². The number of fused-ring (bicyclic) bond motifs is 1. The summed E-state index contributed by atoms with van der Waals surface area (Å²) >= 11 is 0. The molecule has 2 aromatic carbocycles. The van der Waals surface area contributed by atoms with Crippen LogP contribution in [0.5, 0.6) is 11.5 Å². The van der Waals surface area contributed by atoms with Crippen molar-refractivity contribution >= 4 is 15.9 Å². The van der Waals surface area contributed by atoms with E-state index in [0.717, 1.165) is 48.3 Å². The molecule has 1 amide bonds. The maximum absolute atomic E-state index is 12.7. The number of sulfonamides is 1. The number of nitrogens with one attached hydrogen (secondary N) is 2. The van der Waals surface area contributed by atoms with Crippen LogP contribution in [-0.4, -0.2) is 46.9 Å². The molecule has 0 bridgehead atoms. The first kappa shape index (κ1) is 23.1. The van der Waals surface area contributed by atoms with E-state index in [2.05, 4.69) is 16.1 Å². The molecule has 0 aromatic heterocycles. The lowest BCUT2D eigenvalue weighted by Gasteiger charge is -2.38. The van der Waals surface area contributed by atoms with Gasteiger partial charge in [0.2, 0.25) is 22.7 Å². The zero-order valence-corrected chi connectivity index (χ0v) is 19.9. The van der Waals surface area contributed by atoms with Crippen molar-refractivity contribution in [3.8, 4) is 11.5 Å². The van der Waals surface area contributed by atoms with Gasteiger partial charge in [0.1, 0.15) is 0 Å². The van der Waals surface area contributed by atoms with Crippen LogP contribution in [0.25, 0.3) is 0 Å². The highest BCUT2D eigenvalue weighted by Crippen LogP contribution is 2.40. The van der Waals surface area contributed by atoms with E-state index in [-0.39, 0.29) is 29.1 Å². The quantitative estimate of drug-likeness (QED) is 0.565. The van der Waals surface area contributed by atoms with Gasteiger partial charge in [0.05, 0.1) is 4.90 Å². The molecule has 2 fully saturated rings. The predicted octanol–water partition coefficient (Wildman–Crippen LogP) is 2.65. The minimum absolute atomic E-state index is 0.0290. The van der Waals surface area contributed by atoms with E-state index in [4.69, 9.17) is 14.2 Å². The number of carbonyl (C=O) groups excluding carboxylic acids is 1. The Hall–Kier alpha value is -2.62. The molecule has 0 radical (unpaired) electrons. The van der Waals surface area contributed by atoms with Gasteiger partial charge in [-0.05, 0) is 67.5 Å². The van der Waals surface area contributed by atoms with Crippen molar-refractivity contribution < 1.29 is 27.4 Å². The van der Waals surface area contributed by atoms with Crippen LogP contribution in [0.3, 0.4) is 0 Å². The molecule has 34 heavy (non-hydrogen) atoms. The molecule has 2 aliphatic heterocycles. The summed E-state index contributed by atoms with van der Waals surface area (Å²) in [5.74, 6) is 1.46. The molecule has 5 rings (SSSR count). The topological polar surface area (TPSA) is 103 Å². The summed E-state index contributed by atoms with van der Waals surface area (Å²) in [7, 11) is -3.46. The Morgan fingerprint density at radius 1 is 1.00 bits per heavy atom. The molecular formula is C25H30N2O6S. The van der Waals surface area contributed by atoms with Crippen molar-refractivity contribution in [1.29, 1.82) is 0 Å². The van der Waals surface area contributed by atoms with Gasteiger partial charge in [-0.25, -0.2) is 13.1 Å². The Morgan fingerprint density at radius 3 is 2.47 bits per heavy atom. The summed E-state index contributed by atoms with van der Waals surface area (Å²) in [4.78, 5) is 12.9. The summed E-state index contributed by atoms with van der Waals surface area (Å²) < 4.78 is 43.9. The second-order valence-electron chi connectivity index (χ2n) is 9.28. The number of hydrogen-bond donors (Lipinski definition) is 2. The van der Waals surface area contributed by atoms with Crippen molar-refractivity contribution in [2.45, 2.75) is 54.9 Å². The van der Waals surface area contributed by atoms with Gasteiger partial charge < -0.3 is 19.5 Å². The van der Waals surface area contributed by atoms with Crippen molar-refractivity contribution in [2.24, 2.45) is 0 Å². The summed E-state index contributed by atoms with van der Waals surface area (Å²) in [6.07, 6.45) is 4.31. The molecule has 182 valence electrons. The van der Waals surface area contributed by atoms with Gasteiger partial charge in [0.25, 0.3) is 0 Å². The molecule has 3 aliphatic rings. The number of rotatable bonds is 9. The van der Waals surface area contributed by atoms with E-state index in [1.807, 2.05) is 12.1 Å². The summed E-state index contributed by atoms with van der Waals surface area (Å²) in [5.41, 5.74) is 1.84. The predicted molar refractivity (Wildman–Crippen MR) is 125 cm³/mol. The first-order chi connectivity index (χ1) is 16.4. The van der Waals surface area contributed by atoms with Crippen molar-refractivity contribution in [2.75, 3.05) is 26.6 Å². The van der Waals surface area contributed by atoms with E-state index in [1.165, 1.54) is 0 Å². The van der Waals surface area contributed by atoms with Crippen LogP contribution in [-0.2, 0) is 31.4 Å². The van der Waals surface area contributed by atoms with Crippen LogP contribution >= 0.6 is 0 Å². The summed E-state index contributed by atoms with van der Waals surface area (Å²) in [6, 6.07) is 12.9. The van der Waals surface area contributed by atoms with E-state index in [0.29, 0.717) is 32.6 Å². The third-order valence-electron chi connectivity index (χ3n) is 6.83. The van der Waals surface area contributed by atoms with Gasteiger partial charge in [-0.1, -0.05) is 18.2 Å². The molecule has 2 heterocycles. The highest BCUT2D eigenvalue weighted by atomic mass is 32.2. The highest BCUT2D eigenvalue weighted by molar-refractivity contribution is 7.89. The third kappa shape index (κ3) is 5.21. The number of aryl methyl sites for hydroxylation is 1. The van der Waals surface area contributed by atoms with Gasteiger partial charge in [0.15, 0.2) is 11.5 Å². The maximum atomic E-state index is 12.7. The smallest absolute Gasteiger partial charge is 0.240 e. The average Bonchev–Trinajstić information content (AvgIpc) is 3.53. The molecule has 1 saturated heterocycles. The Balaban J connectivity index is 1.17.